The van der Waals surface area contributed by atoms with Crippen molar-refractivity contribution in [2.24, 2.45) is 5.92 Å². The Morgan fingerprint density at radius 1 is 1.70 bits per heavy atom. The van der Waals surface area contributed by atoms with E-state index in [1.807, 2.05) is 0 Å². The summed E-state index contributed by atoms with van der Waals surface area (Å²) >= 11 is 0. The Balaban J connectivity index is 1.91. The van der Waals surface area contributed by atoms with Crippen molar-refractivity contribution in [3.63, 3.8) is 0 Å². The Labute approximate surface area is 63.8 Å². The second-order valence-corrected chi connectivity index (χ2v) is 3.20. The van der Waals surface area contributed by atoms with Crippen LogP contribution in [0.15, 0.2) is 0 Å². The summed E-state index contributed by atoms with van der Waals surface area (Å²) in [6.07, 6.45) is 5.63. The molecule has 0 saturated carbocycles. The molecule has 0 aromatic rings. The van der Waals surface area contributed by atoms with E-state index < -0.39 is 0 Å². The highest BCUT2D eigenvalue weighted by atomic mass is 16.6. The summed E-state index contributed by atoms with van der Waals surface area (Å²) in [5.41, 5.74) is 0. The topological polar surface area (TPSA) is 12.5 Å². The minimum Gasteiger partial charge on any atom is -0.373 e. The van der Waals surface area contributed by atoms with Gasteiger partial charge in [-0.15, -0.1) is 0 Å². The summed E-state index contributed by atoms with van der Waals surface area (Å²) in [5.74, 6) is 0.632. The van der Waals surface area contributed by atoms with E-state index in [1.54, 1.807) is 0 Å². The average molecular weight is 141 g/mol. The maximum Gasteiger partial charge on any atom is 0.0812 e. The molecule has 1 heterocycles. The molecule has 1 aliphatic heterocycles. The molecular weight excluding hydrogens is 124 g/mol. The summed E-state index contributed by atoms with van der Waals surface area (Å²) in [4.78, 5) is 0. The Bertz CT molecular complexity index is 86.7. The largest absolute Gasteiger partial charge is 0.373 e. The van der Waals surface area contributed by atoms with Crippen molar-refractivity contribution in [1.82, 2.24) is 0 Å². The SMILES string of the molecule is [CH2]C(CCCC)CC1CO1. The predicted octanol–water partition coefficient (Wildman–Crippen LogP) is 2.42. The maximum atomic E-state index is 5.12. The summed E-state index contributed by atoms with van der Waals surface area (Å²) in [6, 6.07) is 0. The lowest BCUT2D eigenvalue weighted by molar-refractivity contribution is 0.363. The van der Waals surface area contributed by atoms with Crippen molar-refractivity contribution in [3.8, 4) is 0 Å². The fourth-order valence-corrected chi connectivity index (χ4v) is 1.19. The number of ether oxygens (including phenoxy) is 1. The molecule has 59 valence electrons. The minimum absolute atomic E-state index is 0.569. The molecule has 10 heavy (non-hydrogen) atoms. The molecule has 1 saturated heterocycles. The van der Waals surface area contributed by atoms with Gasteiger partial charge in [-0.05, 0) is 12.3 Å². The zero-order valence-electron chi connectivity index (χ0n) is 6.81. The third-order valence-corrected chi connectivity index (χ3v) is 1.96. The van der Waals surface area contributed by atoms with Crippen molar-refractivity contribution in [2.75, 3.05) is 6.61 Å². The zero-order chi connectivity index (χ0) is 7.40. The van der Waals surface area contributed by atoms with Gasteiger partial charge in [0.25, 0.3) is 0 Å². The van der Waals surface area contributed by atoms with Gasteiger partial charge in [-0.25, -0.2) is 0 Å². The molecule has 1 nitrogen and oxygen atoms in total. The lowest BCUT2D eigenvalue weighted by Gasteiger charge is -2.06. The molecule has 2 unspecified atom stereocenters. The smallest absolute Gasteiger partial charge is 0.0812 e. The van der Waals surface area contributed by atoms with Crippen LogP contribution >= 0.6 is 0 Å². The van der Waals surface area contributed by atoms with Crippen LogP contribution in [-0.4, -0.2) is 12.7 Å². The third kappa shape index (κ3) is 3.21. The molecule has 1 rings (SSSR count). The molecule has 1 radical (unpaired) electrons. The minimum atomic E-state index is 0.569. The van der Waals surface area contributed by atoms with Crippen molar-refractivity contribution < 1.29 is 4.74 Å². The van der Waals surface area contributed by atoms with Gasteiger partial charge in [0.2, 0.25) is 0 Å². The van der Waals surface area contributed by atoms with Crippen LogP contribution in [0.5, 0.6) is 0 Å². The molecule has 0 bridgehead atoms. The van der Waals surface area contributed by atoms with E-state index in [4.69, 9.17) is 4.74 Å². The van der Waals surface area contributed by atoms with E-state index in [0.29, 0.717) is 12.0 Å². The highest BCUT2D eigenvalue weighted by Gasteiger charge is 2.24. The van der Waals surface area contributed by atoms with Crippen molar-refractivity contribution in [1.29, 1.82) is 0 Å². The number of unbranched alkanes of at least 4 members (excludes halogenated alkanes) is 1. The summed E-state index contributed by atoms with van der Waals surface area (Å²) in [5, 5.41) is 0. The monoisotopic (exact) mass is 141 g/mol. The van der Waals surface area contributed by atoms with Crippen molar-refractivity contribution in [2.45, 2.75) is 38.7 Å². The van der Waals surface area contributed by atoms with Gasteiger partial charge >= 0.3 is 0 Å². The molecule has 2 atom stereocenters. The fraction of sp³-hybridized carbons (Fsp3) is 0.889. The van der Waals surface area contributed by atoms with Crippen LogP contribution in [0.1, 0.15) is 32.6 Å². The fourth-order valence-electron chi connectivity index (χ4n) is 1.19. The van der Waals surface area contributed by atoms with Gasteiger partial charge in [0.05, 0.1) is 12.7 Å². The number of epoxide rings is 1. The first-order chi connectivity index (χ1) is 4.83. The van der Waals surface area contributed by atoms with Gasteiger partial charge in [-0.3, -0.25) is 0 Å². The van der Waals surface area contributed by atoms with Crippen molar-refractivity contribution in [3.05, 3.63) is 6.92 Å². The van der Waals surface area contributed by atoms with Gasteiger partial charge in [0, 0.05) is 0 Å². The first-order valence-electron chi connectivity index (χ1n) is 4.27. The Hall–Kier alpha value is -0.0400. The summed E-state index contributed by atoms with van der Waals surface area (Å²) in [7, 11) is 0. The molecule has 0 spiro atoms. The molecule has 0 N–H and O–H groups in total. The van der Waals surface area contributed by atoms with E-state index in [0.717, 1.165) is 6.61 Å². The number of hydrogen-bond donors (Lipinski definition) is 0. The molecule has 0 aromatic carbocycles. The Morgan fingerprint density at radius 3 is 2.90 bits per heavy atom. The second kappa shape index (κ2) is 3.97. The Morgan fingerprint density at radius 2 is 2.40 bits per heavy atom. The van der Waals surface area contributed by atoms with E-state index in [1.165, 1.54) is 25.7 Å². The summed E-state index contributed by atoms with van der Waals surface area (Å²) in [6.45, 7) is 7.28. The lowest BCUT2D eigenvalue weighted by atomic mass is 9.99. The van der Waals surface area contributed by atoms with Gasteiger partial charge in [0.1, 0.15) is 0 Å². The molecule has 0 aliphatic carbocycles. The zero-order valence-corrected chi connectivity index (χ0v) is 6.81. The van der Waals surface area contributed by atoms with Crippen LogP contribution in [0.2, 0.25) is 0 Å². The predicted molar refractivity (Wildman–Crippen MR) is 42.7 cm³/mol. The molecule has 1 heteroatoms. The van der Waals surface area contributed by atoms with E-state index in [2.05, 4.69) is 13.8 Å². The molecule has 0 amide bonds. The highest BCUT2D eigenvalue weighted by molar-refractivity contribution is 4.74. The third-order valence-electron chi connectivity index (χ3n) is 1.96. The van der Waals surface area contributed by atoms with Gasteiger partial charge in [0.15, 0.2) is 0 Å². The molecule has 1 aliphatic rings. The van der Waals surface area contributed by atoms with Crippen LogP contribution in [0.3, 0.4) is 0 Å². The normalized spacial score (nSPS) is 26.4. The van der Waals surface area contributed by atoms with Crippen LogP contribution < -0.4 is 0 Å². The van der Waals surface area contributed by atoms with E-state index in [9.17, 15) is 0 Å². The molecule has 1 fully saturated rings. The number of hydrogen-bond acceptors (Lipinski definition) is 1. The first kappa shape index (κ1) is 8.06. The van der Waals surface area contributed by atoms with E-state index >= 15 is 0 Å². The Kier molecular flexibility index (Phi) is 3.20. The van der Waals surface area contributed by atoms with Crippen molar-refractivity contribution >= 4 is 0 Å². The van der Waals surface area contributed by atoms with Crippen LogP contribution in [0, 0.1) is 12.8 Å². The van der Waals surface area contributed by atoms with Crippen LogP contribution in [0.4, 0.5) is 0 Å². The second-order valence-electron chi connectivity index (χ2n) is 3.20. The standard InChI is InChI=1S/C9H17O/c1-3-4-5-8(2)6-9-7-10-9/h8-9H,2-7H2,1H3. The lowest BCUT2D eigenvalue weighted by Crippen LogP contribution is -1.99. The van der Waals surface area contributed by atoms with Crippen LogP contribution in [0.25, 0.3) is 0 Å². The quantitative estimate of drug-likeness (QED) is 0.536. The van der Waals surface area contributed by atoms with E-state index in [-0.39, 0.29) is 0 Å². The molecular formula is C9H17O. The summed E-state index contributed by atoms with van der Waals surface area (Å²) < 4.78 is 5.12. The maximum absolute atomic E-state index is 5.12. The first-order valence-corrected chi connectivity index (χ1v) is 4.27. The van der Waals surface area contributed by atoms with Gasteiger partial charge in [-0.2, -0.15) is 0 Å². The average Bonchev–Trinajstić information content (AvgIpc) is 2.67. The number of rotatable bonds is 5. The van der Waals surface area contributed by atoms with Gasteiger partial charge in [-0.1, -0.05) is 33.1 Å². The highest BCUT2D eigenvalue weighted by Crippen LogP contribution is 2.22. The van der Waals surface area contributed by atoms with Gasteiger partial charge < -0.3 is 4.74 Å². The molecule has 0 aromatic heterocycles. The van der Waals surface area contributed by atoms with Crippen LogP contribution in [-0.2, 0) is 4.74 Å².